The van der Waals surface area contributed by atoms with Crippen LogP contribution in [0.25, 0.3) is 10.8 Å². The summed E-state index contributed by atoms with van der Waals surface area (Å²) in [5, 5.41) is 7.07. The first-order valence-corrected chi connectivity index (χ1v) is 11.1. The molecule has 0 fully saturated rings. The Balaban J connectivity index is 1.35. The average molecular weight is 466 g/mol. The van der Waals surface area contributed by atoms with Gasteiger partial charge in [-0.2, -0.15) is 0 Å². The van der Waals surface area contributed by atoms with E-state index in [9.17, 15) is 0 Å². The molecule has 1 aliphatic rings. The SMILES string of the molecule is Clc1ccc(COc2ccc3ccccc3c2CNCc2ccc3c(c2)OCO3)c(Cl)c1. The Hall–Kier alpha value is -2.92. The lowest BCUT2D eigenvalue weighted by Gasteiger charge is -2.16. The molecule has 1 aliphatic heterocycles. The van der Waals surface area contributed by atoms with E-state index >= 15 is 0 Å². The highest BCUT2D eigenvalue weighted by Crippen LogP contribution is 2.33. The van der Waals surface area contributed by atoms with E-state index in [1.807, 2.05) is 48.5 Å². The first kappa shape index (κ1) is 21.0. The minimum atomic E-state index is 0.278. The van der Waals surface area contributed by atoms with E-state index in [1.165, 1.54) is 5.39 Å². The van der Waals surface area contributed by atoms with E-state index in [2.05, 4.69) is 23.5 Å². The maximum Gasteiger partial charge on any atom is 0.231 e. The number of benzene rings is 4. The number of hydrogen-bond acceptors (Lipinski definition) is 4. The van der Waals surface area contributed by atoms with Crippen molar-refractivity contribution >= 4 is 34.0 Å². The topological polar surface area (TPSA) is 39.7 Å². The molecule has 4 aromatic carbocycles. The van der Waals surface area contributed by atoms with Crippen molar-refractivity contribution in [1.82, 2.24) is 5.32 Å². The smallest absolute Gasteiger partial charge is 0.231 e. The molecule has 0 saturated heterocycles. The molecule has 4 nitrogen and oxygen atoms in total. The van der Waals surface area contributed by atoms with Gasteiger partial charge in [0.15, 0.2) is 11.5 Å². The first-order chi connectivity index (χ1) is 15.7. The van der Waals surface area contributed by atoms with E-state index in [0.717, 1.165) is 39.3 Å². The first-order valence-electron chi connectivity index (χ1n) is 10.3. The zero-order valence-corrected chi connectivity index (χ0v) is 18.7. The van der Waals surface area contributed by atoms with Crippen LogP contribution in [0.3, 0.4) is 0 Å². The number of nitrogens with one attached hydrogen (secondary N) is 1. The van der Waals surface area contributed by atoms with Gasteiger partial charge in [0.2, 0.25) is 6.79 Å². The maximum absolute atomic E-state index is 6.33. The lowest BCUT2D eigenvalue weighted by molar-refractivity contribution is 0.174. The van der Waals surface area contributed by atoms with E-state index in [0.29, 0.717) is 29.7 Å². The highest BCUT2D eigenvalue weighted by atomic mass is 35.5. The monoisotopic (exact) mass is 465 g/mol. The minimum absolute atomic E-state index is 0.278. The van der Waals surface area contributed by atoms with Gasteiger partial charge >= 0.3 is 0 Å². The van der Waals surface area contributed by atoms with Gasteiger partial charge in [-0.05, 0) is 46.7 Å². The van der Waals surface area contributed by atoms with Crippen LogP contribution < -0.4 is 19.5 Å². The summed E-state index contributed by atoms with van der Waals surface area (Å²) in [5.74, 6) is 2.41. The van der Waals surface area contributed by atoms with Crippen molar-refractivity contribution in [2.75, 3.05) is 6.79 Å². The van der Waals surface area contributed by atoms with Crippen LogP contribution in [0.1, 0.15) is 16.7 Å². The van der Waals surface area contributed by atoms with Gasteiger partial charge in [-0.15, -0.1) is 0 Å². The van der Waals surface area contributed by atoms with E-state index in [4.69, 9.17) is 37.4 Å². The van der Waals surface area contributed by atoms with Crippen molar-refractivity contribution in [3.63, 3.8) is 0 Å². The number of fused-ring (bicyclic) bond motifs is 2. The predicted octanol–water partition coefficient (Wildman–Crippen LogP) is 6.74. The van der Waals surface area contributed by atoms with Gasteiger partial charge in [-0.25, -0.2) is 0 Å². The van der Waals surface area contributed by atoms with Crippen LogP contribution >= 0.6 is 23.2 Å². The number of rotatable bonds is 7. The molecule has 0 spiro atoms. The molecule has 0 aromatic heterocycles. The molecule has 0 unspecified atom stereocenters. The Bertz CT molecular complexity index is 1280. The van der Waals surface area contributed by atoms with Crippen molar-refractivity contribution in [2.24, 2.45) is 0 Å². The molecule has 5 rings (SSSR count). The third kappa shape index (κ3) is 4.49. The van der Waals surface area contributed by atoms with Crippen LogP contribution in [-0.4, -0.2) is 6.79 Å². The highest BCUT2D eigenvalue weighted by Gasteiger charge is 2.14. The summed E-state index contributed by atoms with van der Waals surface area (Å²) in [6, 6.07) is 23.9. The van der Waals surface area contributed by atoms with Crippen LogP contribution in [0.5, 0.6) is 17.2 Å². The fourth-order valence-corrected chi connectivity index (χ4v) is 4.27. The molecule has 0 bridgehead atoms. The molecular weight excluding hydrogens is 445 g/mol. The van der Waals surface area contributed by atoms with Crippen LogP contribution in [-0.2, 0) is 19.7 Å². The van der Waals surface area contributed by atoms with Crippen molar-refractivity contribution in [3.05, 3.63) is 99.5 Å². The van der Waals surface area contributed by atoms with Gasteiger partial charge in [-0.1, -0.05) is 65.7 Å². The third-order valence-corrected chi connectivity index (χ3v) is 6.05. The second-order valence-electron chi connectivity index (χ2n) is 7.58. The molecule has 6 heteroatoms. The van der Waals surface area contributed by atoms with Crippen LogP contribution in [0.2, 0.25) is 10.0 Å². The Morgan fingerprint density at radius 1 is 0.844 bits per heavy atom. The fourth-order valence-electron chi connectivity index (χ4n) is 3.81. The zero-order chi connectivity index (χ0) is 21.9. The standard InChI is InChI=1S/C26H21Cl2NO3/c27-20-8-6-19(23(28)12-20)15-30-24-10-7-18-3-1-2-4-21(18)22(24)14-29-13-17-5-9-25-26(11-17)32-16-31-25/h1-12,29H,13-16H2. The summed E-state index contributed by atoms with van der Waals surface area (Å²) in [4.78, 5) is 0. The summed E-state index contributed by atoms with van der Waals surface area (Å²) in [6.45, 7) is 1.99. The van der Waals surface area contributed by atoms with Gasteiger partial charge < -0.3 is 19.5 Å². The Morgan fingerprint density at radius 3 is 2.62 bits per heavy atom. The summed E-state index contributed by atoms with van der Waals surface area (Å²) in [7, 11) is 0. The molecule has 1 heterocycles. The van der Waals surface area contributed by atoms with Gasteiger partial charge in [0.1, 0.15) is 12.4 Å². The lowest BCUT2D eigenvalue weighted by Crippen LogP contribution is -2.14. The lowest BCUT2D eigenvalue weighted by atomic mass is 10.0. The molecule has 0 saturated carbocycles. The van der Waals surface area contributed by atoms with Crippen molar-refractivity contribution in [3.8, 4) is 17.2 Å². The Morgan fingerprint density at radius 2 is 1.72 bits per heavy atom. The molecule has 32 heavy (non-hydrogen) atoms. The molecule has 0 atom stereocenters. The van der Waals surface area contributed by atoms with Crippen molar-refractivity contribution in [1.29, 1.82) is 0 Å². The Kier molecular flexibility index (Phi) is 6.08. The van der Waals surface area contributed by atoms with Gasteiger partial charge in [0.05, 0.1) is 0 Å². The number of halogens is 2. The predicted molar refractivity (Wildman–Crippen MR) is 128 cm³/mol. The molecule has 0 amide bonds. The third-order valence-electron chi connectivity index (χ3n) is 5.46. The van der Waals surface area contributed by atoms with Gasteiger partial charge in [0.25, 0.3) is 0 Å². The molecule has 4 aromatic rings. The quantitative estimate of drug-likeness (QED) is 0.327. The average Bonchev–Trinajstić information content (AvgIpc) is 3.27. The number of ether oxygens (including phenoxy) is 3. The molecule has 162 valence electrons. The highest BCUT2D eigenvalue weighted by molar-refractivity contribution is 6.35. The van der Waals surface area contributed by atoms with E-state index in [-0.39, 0.29) is 6.79 Å². The van der Waals surface area contributed by atoms with Crippen LogP contribution in [0, 0.1) is 0 Å². The summed E-state index contributed by atoms with van der Waals surface area (Å²) >= 11 is 12.3. The Labute approximate surface area is 196 Å². The molecule has 1 N–H and O–H groups in total. The fraction of sp³-hybridized carbons (Fsp3) is 0.154. The number of hydrogen-bond donors (Lipinski definition) is 1. The summed E-state index contributed by atoms with van der Waals surface area (Å²) in [5.41, 5.74) is 3.13. The summed E-state index contributed by atoms with van der Waals surface area (Å²) < 4.78 is 17.1. The normalized spacial score (nSPS) is 12.3. The maximum atomic E-state index is 6.33. The second-order valence-corrected chi connectivity index (χ2v) is 8.42. The van der Waals surface area contributed by atoms with Gasteiger partial charge in [-0.3, -0.25) is 0 Å². The second kappa shape index (κ2) is 9.29. The minimum Gasteiger partial charge on any atom is -0.488 e. The largest absolute Gasteiger partial charge is 0.488 e. The van der Waals surface area contributed by atoms with Crippen molar-refractivity contribution in [2.45, 2.75) is 19.7 Å². The summed E-state index contributed by atoms with van der Waals surface area (Å²) in [6.07, 6.45) is 0. The van der Waals surface area contributed by atoms with E-state index in [1.54, 1.807) is 6.07 Å². The molecular formula is C26H21Cl2NO3. The zero-order valence-electron chi connectivity index (χ0n) is 17.2. The van der Waals surface area contributed by atoms with E-state index < -0.39 is 0 Å². The van der Waals surface area contributed by atoms with Gasteiger partial charge in [0, 0.05) is 34.3 Å². The van der Waals surface area contributed by atoms with Crippen LogP contribution in [0.4, 0.5) is 0 Å². The van der Waals surface area contributed by atoms with Crippen LogP contribution in [0.15, 0.2) is 72.8 Å². The molecule has 0 aliphatic carbocycles. The molecule has 0 radical (unpaired) electrons. The van der Waals surface area contributed by atoms with Crippen molar-refractivity contribution < 1.29 is 14.2 Å².